The average molecular weight is 409 g/mol. The van der Waals surface area contributed by atoms with Gasteiger partial charge in [0.1, 0.15) is 11.7 Å². The Kier molecular flexibility index (Phi) is 7.03. The Labute approximate surface area is 177 Å². The molecule has 158 valence electrons. The Balaban J connectivity index is 2.00. The van der Waals surface area contributed by atoms with Crippen LogP contribution in [-0.4, -0.2) is 76.7 Å². The van der Waals surface area contributed by atoms with Crippen LogP contribution in [0.3, 0.4) is 0 Å². The Hall–Kier alpha value is -2.95. The molecule has 0 saturated carbocycles. The summed E-state index contributed by atoms with van der Waals surface area (Å²) < 4.78 is 6.19. The maximum atomic E-state index is 13.3. The minimum absolute atomic E-state index is 0.0744. The first-order valence-electron chi connectivity index (χ1n) is 10.0. The minimum atomic E-state index is -0.309. The number of carbonyl (C=O) groups excluding carboxylic acids is 1. The number of aliphatic hydroxyl groups excluding tert-OH is 1. The molecular weight excluding hydrogens is 380 g/mol. The predicted molar refractivity (Wildman–Crippen MR) is 114 cm³/mol. The lowest BCUT2D eigenvalue weighted by Gasteiger charge is -2.37. The standard InChI is InChI=1S/C23H28N4O3/c1-16-13-27(17(2)15-28)23(29)20-10-19(8-7-18-6-5-9-24-11-18)12-25-22(20)30-21(16)14-26(3)4/h5-6,9-12,16-17,21,28H,13-15H2,1-4H3/t16-,17+,21+/m0/s1. The molecule has 0 aliphatic carbocycles. The number of likely N-dealkylation sites (N-methyl/N-ethyl adjacent to an activating group) is 1. The van der Waals surface area contributed by atoms with Gasteiger partial charge in [-0.25, -0.2) is 4.98 Å². The summed E-state index contributed by atoms with van der Waals surface area (Å²) in [7, 11) is 3.97. The van der Waals surface area contributed by atoms with E-state index in [-0.39, 0.29) is 30.6 Å². The summed E-state index contributed by atoms with van der Waals surface area (Å²) in [4.78, 5) is 25.6. The number of hydrogen-bond acceptors (Lipinski definition) is 6. The Morgan fingerprint density at radius 1 is 1.33 bits per heavy atom. The highest BCUT2D eigenvalue weighted by molar-refractivity contribution is 5.97. The molecule has 7 nitrogen and oxygen atoms in total. The van der Waals surface area contributed by atoms with E-state index < -0.39 is 0 Å². The Morgan fingerprint density at radius 3 is 2.77 bits per heavy atom. The van der Waals surface area contributed by atoms with Crippen LogP contribution < -0.4 is 4.74 Å². The van der Waals surface area contributed by atoms with Crippen molar-refractivity contribution in [2.45, 2.75) is 26.0 Å². The van der Waals surface area contributed by atoms with Crippen LogP contribution in [0.15, 0.2) is 36.8 Å². The molecule has 30 heavy (non-hydrogen) atoms. The lowest BCUT2D eigenvalue weighted by atomic mass is 10.00. The summed E-state index contributed by atoms with van der Waals surface area (Å²) in [5.41, 5.74) is 1.76. The van der Waals surface area contributed by atoms with Gasteiger partial charge in [0, 0.05) is 48.7 Å². The first-order valence-corrected chi connectivity index (χ1v) is 10.0. The molecule has 0 unspecified atom stereocenters. The van der Waals surface area contributed by atoms with Crippen molar-refractivity contribution in [2.75, 3.05) is 33.8 Å². The van der Waals surface area contributed by atoms with E-state index in [1.807, 2.05) is 33.2 Å². The summed E-state index contributed by atoms with van der Waals surface area (Å²) in [5.74, 6) is 6.25. The van der Waals surface area contributed by atoms with Gasteiger partial charge < -0.3 is 19.6 Å². The van der Waals surface area contributed by atoms with Gasteiger partial charge in [-0.15, -0.1) is 0 Å². The van der Waals surface area contributed by atoms with Gasteiger partial charge in [0.15, 0.2) is 0 Å². The van der Waals surface area contributed by atoms with E-state index in [0.717, 1.165) is 5.56 Å². The summed E-state index contributed by atoms with van der Waals surface area (Å²) in [6, 6.07) is 5.09. The van der Waals surface area contributed by atoms with Crippen LogP contribution in [0.5, 0.6) is 5.88 Å². The maximum Gasteiger partial charge on any atom is 0.259 e. The highest BCUT2D eigenvalue weighted by atomic mass is 16.5. The first-order chi connectivity index (χ1) is 14.4. The van der Waals surface area contributed by atoms with Gasteiger partial charge in [-0.1, -0.05) is 18.8 Å². The second-order valence-electron chi connectivity index (χ2n) is 7.95. The number of carbonyl (C=O) groups is 1. The molecule has 3 rings (SSSR count). The zero-order chi connectivity index (χ0) is 21.7. The molecule has 3 atom stereocenters. The number of aliphatic hydroxyl groups is 1. The van der Waals surface area contributed by atoms with Gasteiger partial charge in [-0.05, 0) is 39.2 Å². The number of aromatic nitrogens is 2. The Morgan fingerprint density at radius 2 is 2.10 bits per heavy atom. The quantitative estimate of drug-likeness (QED) is 0.776. The second-order valence-corrected chi connectivity index (χ2v) is 7.95. The molecule has 1 N–H and O–H groups in total. The number of rotatable bonds is 4. The van der Waals surface area contributed by atoms with Crippen LogP contribution in [0.1, 0.15) is 35.3 Å². The summed E-state index contributed by atoms with van der Waals surface area (Å²) in [6.07, 6.45) is 4.85. The van der Waals surface area contributed by atoms with Gasteiger partial charge in [0.25, 0.3) is 5.91 Å². The fourth-order valence-corrected chi connectivity index (χ4v) is 3.33. The van der Waals surface area contributed by atoms with Gasteiger partial charge in [-0.3, -0.25) is 9.78 Å². The number of nitrogens with zero attached hydrogens (tertiary/aromatic N) is 4. The molecule has 3 heterocycles. The molecule has 1 aliphatic heterocycles. The molecule has 0 bridgehead atoms. The molecule has 7 heteroatoms. The van der Waals surface area contributed by atoms with E-state index in [1.165, 1.54) is 0 Å². The number of ether oxygens (including phenoxy) is 1. The monoisotopic (exact) mass is 408 g/mol. The molecular formula is C23H28N4O3. The van der Waals surface area contributed by atoms with Crippen molar-refractivity contribution in [2.24, 2.45) is 5.92 Å². The van der Waals surface area contributed by atoms with Crippen molar-refractivity contribution < 1.29 is 14.6 Å². The van der Waals surface area contributed by atoms with Crippen LogP contribution in [0.4, 0.5) is 0 Å². The molecule has 1 amide bonds. The third-order valence-electron chi connectivity index (χ3n) is 5.08. The molecule has 0 saturated heterocycles. The minimum Gasteiger partial charge on any atom is -0.472 e. The van der Waals surface area contributed by atoms with E-state index >= 15 is 0 Å². The van der Waals surface area contributed by atoms with Crippen molar-refractivity contribution in [1.82, 2.24) is 19.8 Å². The summed E-state index contributed by atoms with van der Waals surface area (Å²) >= 11 is 0. The number of amides is 1. The van der Waals surface area contributed by atoms with Crippen molar-refractivity contribution >= 4 is 5.91 Å². The van der Waals surface area contributed by atoms with Crippen LogP contribution >= 0.6 is 0 Å². The maximum absolute atomic E-state index is 13.3. The topological polar surface area (TPSA) is 78.8 Å². The molecule has 2 aromatic heterocycles. The summed E-state index contributed by atoms with van der Waals surface area (Å²) in [5, 5.41) is 9.70. The molecule has 2 aromatic rings. The van der Waals surface area contributed by atoms with Gasteiger partial charge in [0.2, 0.25) is 5.88 Å². The predicted octanol–water partition coefficient (Wildman–Crippen LogP) is 1.66. The number of fused-ring (bicyclic) bond motifs is 1. The van der Waals surface area contributed by atoms with Gasteiger partial charge >= 0.3 is 0 Å². The Bertz CT molecular complexity index is 936. The third kappa shape index (κ3) is 5.15. The highest BCUT2D eigenvalue weighted by Crippen LogP contribution is 2.27. The SMILES string of the molecule is C[C@H](CO)N1C[C@H](C)[C@@H](CN(C)C)Oc2ncc(C#Cc3cccnc3)cc2C1=O. The van der Waals surface area contributed by atoms with Gasteiger partial charge in [0.05, 0.1) is 12.6 Å². The lowest BCUT2D eigenvalue weighted by molar-refractivity contribution is 0.0348. The van der Waals surface area contributed by atoms with Crippen LogP contribution in [0.2, 0.25) is 0 Å². The molecule has 0 radical (unpaired) electrons. The van der Waals surface area contributed by atoms with Gasteiger partial charge in [-0.2, -0.15) is 0 Å². The van der Waals surface area contributed by atoms with Crippen molar-refractivity contribution in [1.29, 1.82) is 0 Å². The van der Waals surface area contributed by atoms with Crippen molar-refractivity contribution in [3.8, 4) is 17.7 Å². The summed E-state index contributed by atoms with van der Waals surface area (Å²) in [6.45, 7) is 4.97. The molecule has 1 aliphatic rings. The highest BCUT2D eigenvalue weighted by Gasteiger charge is 2.33. The van der Waals surface area contributed by atoms with E-state index in [0.29, 0.717) is 30.1 Å². The third-order valence-corrected chi connectivity index (χ3v) is 5.08. The van der Waals surface area contributed by atoms with E-state index in [1.54, 1.807) is 29.6 Å². The molecule has 0 fully saturated rings. The van der Waals surface area contributed by atoms with E-state index in [4.69, 9.17) is 4.74 Å². The lowest BCUT2D eigenvalue weighted by Crippen LogP contribution is -2.49. The zero-order valence-electron chi connectivity index (χ0n) is 17.9. The largest absolute Gasteiger partial charge is 0.472 e. The fraction of sp³-hybridized carbons (Fsp3) is 0.435. The zero-order valence-corrected chi connectivity index (χ0v) is 17.9. The smallest absolute Gasteiger partial charge is 0.259 e. The number of hydrogen-bond donors (Lipinski definition) is 1. The van der Waals surface area contributed by atoms with Crippen molar-refractivity contribution in [3.63, 3.8) is 0 Å². The normalized spacial score (nSPS) is 19.8. The first kappa shape index (κ1) is 21.8. The number of pyridine rings is 2. The van der Waals surface area contributed by atoms with E-state index in [9.17, 15) is 9.90 Å². The van der Waals surface area contributed by atoms with Crippen molar-refractivity contribution in [3.05, 3.63) is 53.5 Å². The van der Waals surface area contributed by atoms with Crippen LogP contribution in [-0.2, 0) is 0 Å². The van der Waals surface area contributed by atoms with Crippen LogP contribution in [0, 0.1) is 17.8 Å². The van der Waals surface area contributed by atoms with Crippen LogP contribution in [0.25, 0.3) is 0 Å². The second kappa shape index (κ2) is 9.70. The molecule has 0 aromatic carbocycles. The fourth-order valence-electron chi connectivity index (χ4n) is 3.33. The average Bonchev–Trinajstić information content (AvgIpc) is 2.74. The molecule has 0 spiro atoms. The van der Waals surface area contributed by atoms with E-state index in [2.05, 4.69) is 33.6 Å².